The third-order valence-electron chi connectivity index (χ3n) is 15.2. The summed E-state index contributed by atoms with van der Waals surface area (Å²) in [4.78, 5) is 26.9. The maximum Gasteiger partial charge on any atom is 0.313 e. The molecule has 0 aromatic heterocycles. The highest BCUT2D eigenvalue weighted by atomic mass is 79.9. The fraction of sp³-hybridized carbons (Fsp3) is 0.917. The van der Waals surface area contributed by atoms with Crippen LogP contribution in [0.15, 0.2) is 0 Å². The Labute approximate surface area is 186 Å². The fourth-order valence-corrected chi connectivity index (χ4v) is 19.0. The zero-order valence-corrected chi connectivity index (χ0v) is 18.7. The molecule has 12 saturated carbocycles. The molecule has 0 bridgehead atoms. The lowest BCUT2D eigenvalue weighted by Gasteiger charge is -2.49. The van der Waals surface area contributed by atoms with E-state index in [1.165, 1.54) is 0 Å². The predicted molar refractivity (Wildman–Crippen MR) is 104 cm³/mol. The van der Waals surface area contributed by atoms with Gasteiger partial charge in [0.15, 0.2) is 0 Å². The molecule has 0 amide bonds. The van der Waals surface area contributed by atoms with E-state index in [1.807, 2.05) is 0 Å². The van der Waals surface area contributed by atoms with Gasteiger partial charge in [-0.05, 0) is 82.9 Å². The zero-order chi connectivity index (χ0) is 20.7. The first kappa shape index (κ1) is 16.0. The van der Waals surface area contributed by atoms with E-state index in [0.717, 1.165) is 0 Å². The lowest BCUT2D eigenvalue weighted by atomic mass is 9.59. The maximum absolute atomic E-state index is 13.5. The number of hydrogen-bond acceptors (Lipinski definition) is 4. The second-order valence-corrected chi connectivity index (χ2v) is 14.6. The smallest absolute Gasteiger partial charge is 0.313 e. The van der Waals surface area contributed by atoms with Crippen LogP contribution in [0.1, 0.15) is 0 Å². The van der Waals surface area contributed by atoms with E-state index in [2.05, 4.69) is 15.9 Å². The molecule has 0 radical (unpaired) electrons. The average Bonchev–Trinajstić information content (AvgIpc) is 3.48. The van der Waals surface area contributed by atoms with Gasteiger partial charge < -0.3 is 19.7 Å². The molecule has 12 aliphatic carbocycles. The van der Waals surface area contributed by atoms with Gasteiger partial charge in [-0.2, -0.15) is 0 Å². The number of carbonyl (C=O) groups is 2. The van der Waals surface area contributed by atoms with E-state index in [9.17, 15) is 19.8 Å². The molecule has 12 aliphatic rings. The van der Waals surface area contributed by atoms with Crippen molar-refractivity contribution in [3.8, 4) is 0 Å². The predicted octanol–water partition coefficient (Wildman–Crippen LogP) is 1.43. The van der Waals surface area contributed by atoms with Crippen LogP contribution in [0.5, 0.6) is 0 Å². The lowest BCUT2D eigenvalue weighted by molar-refractivity contribution is -0.198. The second-order valence-electron chi connectivity index (χ2n) is 13.3. The largest absolute Gasteiger partial charge is 0.481 e. The van der Waals surface area contributed by atoms with Crippen LogP contribution in [-0.2, 0) is 19.1 Å². The lowest BCUT2D eigenvalue weighted by Crippen LogP contribution is -2.61. The maximum atomic E-state index is 13.5. The molecule has 12 rings (SSSR count). The second kappa shape index (κ2) is 3.48. The highest BCUT2D eigenvalue weighted by molar-refractivity contribution is 9.10. The van der Waals surface area contributed by atoms with Gasteiger partial charge in [0.1, 0.15) is 10.8 Å². The van der Waals surface area contributed by atoms with Gasteiger partial charge in [0, 0.05) is 24.5 Å². The normalized spacial score (nSPS) is 85.7. The number of hydrogen-bond donors (Lipinski definition) is 2. The number of ether oxygens (including phenoxy) is 2. The standard InChI is InChI=1S/C24H23BrO6/c1-30-23-11-3-4-10-5-7-13(20(23,9(3)5)18(26)27)15-14(23)8-6(11)12(4)24(31-2)17(8)22(15,25)16(7)21(10,24)19(28)29/h3-17H,1-2H3,(H,26,27)(H,28,29)/t3-,4+,5-,6-,7-,8-,9-,10+,11+,12+,13+,14+,15+,16-,17-,20-,21+,22+,23-,24+/m0/s1. The summed E-state index contributed by atoms with van der Waals surface area (Å²) >= 11 is 4.33. The monoisotopic (exact) mass is 486 g/mol. The number of carboxylic acids is 2. The number of rotatable bonds is 4. The summed E-state index contributed by atoms with van der Waals surface area (Å²) in [6, 6.07) is 0. The summed E-state index contributed by atoms with van der Waals surface area (Å²) < 4.78 is 12.9. The molecular weight excluding hydrogens is 464 g/mol. The van der Waals surface area contributed by atoms with Crippen LogP contribution in [0.3, 0.4) is 0 Å². The third-order valence-corrected chi connectivity index (χ3v) is 16.7. The molecular formula is C24H23BrO6. The fourth-order valence-electron chi connectivity index (χ4n) is 17.1. The molecule has 0 saturated heterocycles. The number of methoxy groups -OCH3 is 2. The molecule has 0 aromatic rings. The highest BCUT2D eigenvalue weighted by Crippen LogP contribution is 3.09. The molecule has 31 heavy (non-hydrogen) atoms. The van der Waals surface area contributed by atoms with Crippen LogP contribution >= 0.6 is 15.9 Å². The van der Waals surface area contributed by atoms with Crippen molar-refractivity contribution in [3.05, 3.63) is 0 Å². The summed E-state index contributed by atoms with van der Waals surface area (Å²) in [6.07, 6.45) is 0. The molecule has 2 N–H and O–H groups in total. The van der Waals surface area contributed by atoms with Crippen LogP contribution in [0.4, 0.5) is 0 Å². The van der Waals surface area contributed by atoms with Crippen LogP contribution in [0.2, 0.25) is 0 Å². The molecule has 7 heteroatoms. The Morgan fingerprint density at radius 1 is 0.645 bits per heavy atom. The first-order valence-corrected chi connectivity index (χ1v) is 12.9. The number of alkyl halides is 1. The van der Waals surface area contributed by atoms with Crippen molar-refractivity contribution in [2.45, 2.75) is 15.5 Å². The summed E-state index contributed by atoms with van der Waals surface area (Å²) in [5.74, 6) is 2.14. The van der Waals surface area contributed by atoms with Gasteiger partial charge in [-0.1, -0.05) is 15.9 Å². The molecule has 0 spiro atoms. The summed E-state index contributed by atoms with van der Waals surface area (Å²) in [5.41, 5.74) is -2.72. The van der Waals surface area contributed by atoms with Gasteiger partial charge >= 0.3 is 11.9 Å². The van der Waals surface area contributed by atoms with Crippen molar-refractivity contribution in [1.82, 2.24) is 0 Å². The number of aliphatic carboxylic acids is 2. The summed E-state index contributed by atoms with van der Waals surface area (Å²) in [7, 11) is 3.61. The van der Waals surface area contributed by atoms with Gasteiger partial charge in [0.2, 0.25) is 0 Å². The quantitative estimate of drug-likeness (QED) is 0.583. The van der Waals surface area contributed by atoms with Crippen LogP contribution in [0.25, 0.3) is 0 Å². The molecule has 20 atom stereocenters. The molecule has 12 fully saturated rings. The Balaban J connectivity index is 1.42. The summed E-state index contributed by atoms with van der Waals surface area (Å²) in [6.45, 7) is 0. The van der Waals surface area contributed by atoms with Crippen molar-refractivity contribution in [3.63, 3.8) is 0 Å². The van der Waals surface area contributed by atoms with Gasteiger partial charge in [0.25, 0.3) is 0 Å². The minimum Gasteiger partial charge on any atom is -0.481 e. The van der Waals surface area contributed by atoms with Crippen molar-refractivity contribution in [1.29, 1.82) is 0 Å². The zero-order valence-electron chi connectivity index (χ0n) is 17.1. The third kappa shape index (κ3) is 0.765. The van der Waals surface area contributed by atoms with Crippen molar-refractivity contribution in [2.75, 3.05) is 14.2 Å². The SMILES string of the molecule is CO[C@@]12[C@@H]3[C@H]4[C@H]5[C@@H]6[C@H]3[C@H]3[C@@H]1[C@H]1[C@H]7[C@@H]8[C@@H]([C@H]4[C@@]72C(=O)O)[C@@H]5[C@]2(C(=O)O)[C@H]8[C@@]1(Br)[C@H]3[C@]62OC. The van der Waals surface area contributed by atoms with E-state index in [0.29, 0.717) is 29.6 Å². The minimum absolute atomic E-state index is 0.0163. The van der Waals surface area contributed by atoms with Crippen LogP contribution in [0, 0.1) is 99.6 Å². The number of carboxylic acid groups (broad SMARTS) is 2. The van der Waals surface area contributed by atoms with Gasteiger partial charge in [-0.3, -0.25) is 9.59 Å². The molecule has 6 nitrogen and oxygen atoms in total. The first-order valence-electron chi connectivity index (χ1n) is 12.1. The summed E-state index contributed by atoms with van der Waals surface area (Å²) in [5, 5.41) is 22.1. The van der Waals surface area contributed by atoms with E-state index in [-0.39, 0.29) is 63.5 Å². The van der Waals surface area contributed by atoms with Crippen molar-refractivity contribution < 1.29 is 29.3 Å². The van der Waals surface area contributed by atoms with E-state index in [4.69, 9.17) is 9.47 Å². The Kier molecular flexibility index (Phi) is 1.80. The van der Waals surface area contributed by atoms with Gasteiger partial charge in [-0.15, -0.1) is 0 Å². The molecule has 0 unspecified atom stereocenters. The molecule has 0 aromatic carbocycles. The average molecular weight is 487 g/mol. The molecule has 0 heterocycles. The Bertz CT molecular complexity index is 1170. The van der Waals surface area contributed by atoms with Gasteiger partial charge in [0.05, 0.1) is 11.2 Å². The van der Waals surface area contributed by atoms with Crippen molar-refractivity contribution in [2.24, 2.45) is 99.6 Å². The Morgan fingerprint density at radius 3 is 1.77 bits per heavy atom. The first-order chi connectivity index (χ1) is 14.9. The van der Waals surface area contributed by atoms with E-state index >= 15 is 0 Å². The van der Waals surface area contributed by atoms with E-state index in [1.54, 1.807) is 14.2 Å². The molecule has 162 valence electrons. The highest BCUT2D eigenvalue weighted by Gasteiger charge is 3.14. The molecule has 0 aliphatic heterocycles. The van der Waals surface area contributed by atoms with E-state index < -0.39 is 34.0 Å². The van der Waals surface area contributed by atoms with Crippen LogP contribution in [-0.4, -0.2) is 51.9 Å². The Hall–Kier alpha value is -0.660. The van der Waals surface area contributed by atoms with Gasteiger partial charge in [-0.25, -0.2) is 0 Å². The van der Waals surface area contributed by atoms with Crippen LogP contribution < -0.4 is 0 Å². The van der Waals surface area contributed by atoms with Crippen molar-refractivity contribution >= 4 is 27.9 Å². The minimum atomic E-state index is -0.821. The number of halogens is 1. The Morgan fingerprint density at radius 2 is 1.16 bits per heavy atom. The topological polar surface area (TPSA) is 93.1 Å².